The number of nitriles is 1. The number of hydrogen-bond donors (Lipinski definition) is 2. The van der Waals surface area contributed by atoms with Crippen molar-refractivity contribution in [1.29, 1.82) is 5.26 Å². The molecule has 0 aromatic carbocycles. The van der Waals surface area contributed by atoms with Gasteiger partial charge in [0.15, 0.2) is 0 Å². The summed E-state index contributed by atoms with van der Waals surface area (Å²) in [7, 11) is 0. The van der Waals surface area contributed by atoms with Crippen LogP contribution in [0.3, 0.4) is 0 Å². The summed E-state index contributed by atoms with van der Waals surface area (Å²) in [5.74, 6) is 5.31. The van der Waals surface area contributed by atoms with Crippen LogP contribution >= 0.6 is 0 Å². The molecule has 0 unspecified atom stereocenters. The molecule has 4 N–H and O–H groups in total. The van der Waals surface area contributed by atoms with Gasteiger partial charge in [-0.1, -0.05) is 0 Å². The average molecular weight is 279 g/mol. The maximum absolute atomic E-state index is 11.8. The zero-order chi connectivity index (χ0) is 15.0. The van der Waals surface area contributed by atoms with E-state index in [0.29, 0.717) is 31.9 Å². The van der Waals surface area contributed by atoms with Crippen molar-refractivity contribution in [1.82, 2.24) is 9.91 Å². The first kappa shape index (κ1) is 15.8. The Kier molecular flexibility index (Phi) is 6.29. The largest absolute Gasteiger partial charge is 0.386 e. The highest BCUT2D eigenvalue weighted by Crippen LogP contribution is 2.17. The van der Waals surface area contributed by atoms with Crippen molar-refractivity contribution in [3.05, 3.63) is 0 Å². The fourth-order valence-corrected chi connectivity index (χ4v) is 2.27. The topological polar surface area (TPSA) is 124 Å². The third-order valence-electron chi connectivity index (χ3n) is 3.35. The number of amidine groups is 1. The summed E-state index contributed by atoms with van der Waals surface area (Å²) in [6.07, 6.45) is 2.22. The molecular weight excluding hydrogens is 258 g/mol. The Balaban J connectivity index is 2.57. The zero-order valence-electron chi connectivity index (χ0n) is 11.5. The van der Waals surface area contributed by atoms with E-state index in [4.69, 9.17) is 16.8 Å². The number of carbonyl (C=O) groups excluding carboxylic acids is 1. The van der Waals surface area contributed by atoms with Gasteiger partial charge in [-0.2, -0.15) is 15.5 Å². The van der Waals surface area contributed by atoms with E-state index >= 15 is 0 Å². The molecule has 1 aliphatic heterocycles. The lowest BCUT2D eigenvalue weighted by Gasteiger charge is -2.37. The van der Waals surface area contributed by atoms with Crippen molar-refractivity contribution >= 4 is 18.5 Å². The predicted molar refractivity (Wildman–Crippen MR) is 76.5 cm³/mol. The molecule has 0 spiro atoms. The van der Waals surface area contributed by atoms with E-state index < -0.39 is 0 Å². The number of hydrazone groups is 2. The van der Waals surface area contributed by atoms with Gasteiger partial charge in [0.2, 0.25) is 5.91 Å². The molecule has 1 amide bonds. The van der Waals surface area contributed by atoms with Crippen LogP contribution in [0.4, 0.5) is 0 Å². The average Bonchev–Trinajstić information content (AvgIpc) is 2.48. The number of hydrogen-bond acceptors (Lipinski definition) is 6. The highest BCUT2D eigenvalue weighted by Gasteiger charge is 2.26. The number of rotatable bonds is 6. The number of piperidine rings is 1. The van der Waals surface area contributed by atoms with Gasteiger partial charge in [-0.25, -0.2) is 0 Å². The van der Waals surface area contributed by atoms with Gasteiger partial charge in [-0.3, -0.25) is 9.80 Å². The highest BCUT2D eigenvalue weighted by atomic mass is 16.2. The molecule has 8 heteroatoms. The minimum atomic E-state index is -0.135. The molecule has 0 bridgehead atoms. The first-order valence-corrected chi connectivity index (χ1v) is 6.52. The summed E-state index contributed by atoms with van der Waals surface area (Å²) in [6, 6.07) is 1.98. The molecule has 0 aliphatic carbocycles. The maximum Gasteiger partial charge on any atom is 0.236 e. The van der Waals surface area contributed by atoms with Crippen LogP contribution in [-0.2, 0) is 4.79 Å². The molecule has 1 atom stereocenters. The quantitative estimate of drug-likeness (QED) is 0.291. The second kappa shape index (κ2) is 7.99. The summed E-state index contributed by atoms with van der Waals surface area (Å²) in [6.45, 7) is 5.35. The Labute approximate surface area is 118 Å². The van der Waals surface area contributed by atoms with Gasteiger partial charge in [-0.15, -0.1) is 0 Å². The van der Waals surface area contributed by atoms with Crippen molar-refractivity contribution in [3.63, 3.8) is 0 Å². The number of likely N-dealkylation sites (tertiary alicyclic amines) is 1. The molecule has 110 valence electrons. The molecule has 0 aromatic heterocycles. The standard InChI is InChI=1S/C12H21N7O/c1-16-19(8-5-11(14)17-15)10-3-2-7-18(9-10)12(20)4-6-13/h10H,1-5,7-9,15H2,(H2,14,17)/t10-/m1/s1. The second-order valence-electron chi connectivity index (χ2n) is 4.65. The zero-order valence-corrected chi connectivity index (χ0v) is 11.5. The number of amides is 1. The fourth-order valence-electron chi connectivity index (χ4n) is 2.27. The normalized spacial score (nSPS) is 19.2. The lowest BCUT2D eigenvalue weighted by atomic mass is 10.0. The van der Waals surface area contributed by atoms with Crippen LogP contribution in [0, 0.1) is 11.3 Å². The van der Waals surface area contributed by atoms with E-state index in [9.17, 15) is 4.79 Å². The predicted octanol–water partition coefficient (Wildman–Crippen LogP) is -0.570. The third kappa shape index (κ3) is 4.42. The van der Waals surface area contributed by atoms with Crippen LogP contribution in [0.1, 0.15) is 25.7 Å². The van der Waals surface area contributed by atoms with Gasteiger partial charge in [-0.05, 0) is 12.8 Å². The van der Waals surface area contributed by atoms with E-state index in [1.807, 2.05) is 11.1 Å². The molecule has 0 saturated carbocycles. The van der Waals surface area contributed by atoms with Gasteiger partial charge in [0.05, 0.1) is 12.1 Å². The van der Waals surface area contributed by atoms with Crippen molar-refractivity contribution in [2.45, 2.75) is 31.7 Å². The molecule has 8 nitrogen and oxygen atoms in total. The third-order valence-corrected chi connectivity index (χ3v) is 3.35. The summed E-state index contributed by atoms with van der Waals surface area (Å²) in [5, 5.41) is 17.8. The molecule has 1 heterocycles. The summed E-state index contributed by atoms with van der Waals surface area (Å²) < 4.78 is 0. The number of nitrogens with zero attached hydrogens (tertiary/aromatic N) is 5. The molecule has 0 aromatic rings. The molecular formula is C12H21N7O. The van der Waals surface area contributed by atoms with Crippen LogP contribution in [0.5, 0.6) is 0 Å². The fraction of sp³-hybridized carbons (Fsp3) is 0.667. The van der Waals surface area contributed by atoms with Crippen molar-refractivity contribution in [3.8, 4) is 6.07 Å². The molecule has 1 saturated heterocycles. The van der Waals surface area contributed by atoms with E-state index in [2.05, 4.69) is 16.9 Å². The van der Waals surface area contributed by atoms with Gasteiger partial charge in [0, 0.05) is 32.8 Å². The Morgan fingerprint density at radius 1 is 1.60 bits per heavy atom. The second-order valence-corrected chi connectivity index (χ2v) is 4.65. The molecule has 1 fully saturated rings. The van der Waals surface area contributed by atoms with Crippen molar-refractivity contribution in [2.75, 3.05) is 19.6 Å². The Morgan fingerprint density at radius 2 is 2.35 bits per heavy atom. The lowest BCUT2D eigenvalue weighted by Crippen LogP contribution is -2.48. The molecule has 20 heavy (non-hydrogen) atoms. The van der Waals surface area contributed by atoms with Gasteiger partial charge >= 0.3 is 0 Å². The minimum absolute atomic E-state index is 0.0823. The van der Waals surface area contributed by atoms with Crippen LogP contribution in [0.2, 0.25) is 0 Å². The van der Waals surface area contributed by atoms with E-state index in [0.717, 1.165) is 12.8 Å². The number of carbonyl (C=O) groups is 1. The summed E-state index contributed by atoms with van der Waals surface area (Å²) >= 11 is 0. The first-order valence-electron chi connectivity index (χ1n) is 6.52. The van der Waals surface area contributed by atoms with Crippen molar-refractivity contribution in [2.24, 2.45) is 21.8 Å². The van der Waals surface area contributed by atoms with Gasteiger partial charge < -0.3 is 16.5 Å². The Hall–Kier alpha value is -2.30. The monoisotopic (exact) mass is 279 g/mol. The SMILES string of the molecule is C=NN(CC/C(N)=N\N)[C@@H]1CCCN(C(=O)CC#N)C1. The summed E-state index contributed by atoms with van der Waals surface area (Å²) in [5.41, 5.74) is 5.56. The first-order chi connectivity index (χ1) is 9.62. The Morgan fingerprint density at radius 3 is 2.95 bits per heavy atom. The Bertz CT molecular complexity index is 415. The highest BCUT2D eigenvalue weighted by molar-refractivity contribution is 5.80. The molecule has 1 aliphatic rings. The van der Waals surface area contributed by atoms with E-state index in [1.54, 1.807) is 4.90 Å². The van der Waals surface area contributed by atoms with Gasteiger partial charge in [0.25, 0.3) is 0 Å². The van der Waals surface area contributed by atoms with Gasteiger partial charge in [0.1, 0.15) is 12.3 Å². The van der Waals surface area contributed by atoms with Crippen LogP contribution < -0.4 is 11.6 Å². The minimum Gasteiger partial charge on any atom is -0.386 e. The van der Waals surface area contributed by atoms with E-state index in [1.165, 1.54) is 0 Å². The summed E-state index contributed by atoms with van der Waals surface area (Å²) in [4.78, 5) is 13.5. The number of nitrogens with two attached hydrogens (primary N) is 2. The molecule has 0 radical (unpaired) electrons. The van der Waals surface area contributed by atoms with Crippen molar-refractivity contribution < 1.29 is 4.79 Å². The molecule has 1 rings (SSSR count). The van der Waals surface area contributed by atoms with Crippen LogP contribution in [0.15, 0.2) is 10.2 Å². The maximum atomic E-state index is 11.8. The lowest BCUT2D eigenvalue weighted by molar-refractivity contribution is -0.132. The van der Waals surface area contributed by atoms with E-state index in [-0.39, 0.29) is 18.4 Å². The smallest absolute Gasteiger partial charge is 0.236 e. The van der Waals surface area contributed by atoms with Crippen LogP contribution in [0.25, 0.3) is 0 Å². The van der Waals surface area contributed by atoms with Crippen LogP contribution in [-0.4, -0.2) is 54.0 Å².